The molecule has 2 rings (SSSR count). The lowest BCUT2D eigenvalue weighted by atomic mass is 10.1. The molecule has 0 spiro atoms. The van der Waals surface area contributed by atoms with Gasteiger partial charge < -0.3 is 19.9 Å². The number of ether oxygens (including phenoxy) is 2. The van der Waals surface area contributed by atoms with Gasteiger partial charge in [0.2, 0.25) is 0 Å². The van der Waals surface area contributed by atoms with Crippen molar-refractivity contribution in [1.82, 2.24) is 5.32 Å². The van der Waals surface area contributed by atoms with Gasteiger partial charge in [-0.25, -0.2) is 4.79 Å². The summed E-state index contributed by atoms with van der Waals surface area (Å²) in [6.45, 7) is 4.81. The largest absolute Gasteiger partial charge is 0.490 e. The number of carbonyl (C=O) groups excluding carboxylic acids is 1. The third-order valence-electron chi connectivity index (χ3n) is 3.62. The first-order valence-corrected chi connectivity index (χ1v) is 8.55. The van der Waals surface area contributed by atoms with Crippen LogP contribution in [0.25, 0.3) is 0 Å². The van der Waals surface area contributed by atoms with Crippen LogP contribution in [0.3, 0.4) is 0 Å². The summed E-state index contributed by atoms with van der Waals surface area (Å²) in [6.07, 6.45) is 0.852. The van der Waals surface area contributed by atoms with Crippen LogP contribution in [-0.2, 0) is 4.79 Å². The lowest BCUT2D eigenvalue weighted by molar-refractivity contribution is -0.139. The molecule has 6 nitrogen and oxygen atoms in total. The molecule has 138 valence electrons. The van der Waals surface area contributed by atoms with E-state index in [1.165, 1.54) is 0 Å². The number of carboxylic acids is 1. The normalized spacial score (nSPS) is 11.5. The van der Waals surface area contributed by atoms with Crippen molar-refractivity contribution in [3.05, 3.63) is 59.7 Å². The van der Waals surface area contributed by atoms with Crippen molar-refractivity contribution < 1.29 is 24.2 Å². The fraction of sp³-hybridized carbons (Fsp3) is 0.300. The van der Waals surface area contributed by atoms with E-state index in [2.05, 4.69) is 5.32 Å². The molecule has 1 amide bonds. The quantitative estimate of drug-likeness (QED) is 0.718. The highest BCUT2D eigenvalue weighted by molar-refractivity contribution is 5.97. The van der Waals surface area contributed by atoms with Gasteiger partial charge in [-0.1, -0.05) is 37.3 Å². The number of aliphatic carboxylic acids is 1. The number of amides is 1. The number of benzene rings is 2. The fourth-order valence-corrected chi connectivity index (χ4v) is 2.40. The van der Waals surface area contributed by atoms with Crippen molar-refractivity contribution in [2.45, 2.75) is 26.3 Å². The van der Waals surface area contributed by atoms with Crippen molar-refractivity contribution in [2.75, 3.05) is 13.2 Å². The molecule has 26 heavy (non-hydrogen) atoms. The van der Waals surface area contributed by atoms with Gasteiger partial charge in [0.1, 0.15) is 0 Å². The van der Waals surface area contributed by atoms with Crippen molar-refractivity contribution in [3.63, 3.8) is 0 Å². The molecule has 0 aliphatic carbocycles. The predicted molar refractivity (Wildman–Crippen MR) is 97.7 cm³/mol. The van der Waals surface area contributed by atoms with Crippen LogP contribution in [0.1, 0.15) is 42.2 Å². The average Bonchev–Trinajstić information content (AvgIpc) is 2.65. The molecular formula is C20H23NO5. The number of nitrogens with one attached hydrogen (secondary N) is 1. The highest BCUT2D eigenvalue weighted by Crippen LogP contribution is 2.29. The van der Waals surface area contributed by atoms with Gasteiger partial charge in [-0.2, -0.15) is 0 Å². The second-order valence-corrected chi connectivity index (χ2v) is 5.60. The molecule has 2 aromatic carbocycles. The standard InChI is InChI=1S/C20H23NO5/c1-3-12-26-16-11-10-15(13-17(16)25-4-2)19(22)21-18(20(23)24)14-8-6-5-7-9-14/h5-11,13,18H,3-4,12H2,1-2H3,(H,21,22)(H,23,24). The van der Waals surface area contributed by atoms with Crippen LogP contribution in [0.15, 0.2) is 48.5 Å². The van der Waals surface area contributed by atoms with Gasteiger partial charge in [-0.05, 0) is 37.1 Å². The predicted octanol–water partition coefficient (Wildman–Crippen LogP) is 3.43. The van der Waals surface area contributed by atoms with Crippen LogP contribution in [-0.4, -0.2) is 30.2 Å². The molecule has 0 aliphatic heterocycles. The Balaban J connectivity index is 2.22. The van der Waals surface area contributed by atoms with Crippen LogP contribution in [0.4, 0.5) is 0 Å². The third kappa shape index (κ3) is 4.99. The topological polar surface area (TPSA) is 84.9 Å². The zero-order chi connectivity index (χ0) is 18.9. The molecule has 0 heterocycles. The maximum atomic E-state index is 12.5. The third-order valence-corrected chi connectivity index (χ3v) is 3.62. The van der Waals surface area contributed by atoms with Gasteiger partial charge in [-0.3, -0.25) is 4.79 Å². The SMILES string of the molecule is CCCOc1ccc(C(=O)NC(C(=O)O)c2ccccc2)cc1OCC. The summed E-state index contributed by atoms with van der Waals surface area (Å²) in [7, 11) is 0. The van der Waals surface area contributed by atoms with Gasteiger partial charge in [0.05, 0.1) is 13.2 Å². The Bertz CT molecular complexity index is 745. The van der Waals surface area contributed by atoms with E-state index in [0.717, 1.165) is 6.42 Å². The number of carbonyl (C=O) groups is 2. The summed E-state index contributed by atoms with van der Waals surface area (Å²) in [6, 6.07) is 12.2. The minimum absolute atomic E-state index is 0.305. The average molecular weight is 357 g/mol. The van der Waals surface area contributed by atoms with Crippen molar-refractivity contribution in [2.24, 2.45) is 0 Å². The summed E-state index contributed by atoms with van der Waals surface area (Å²) < 4.78 is 11.2. The van der Waals surface area contributed by atoms with E-state index < -0.39 is 17.9 Å². The van der Waals surface area contributed by atoms with Crippen LogP contribution >= 0.6 is 0 Å². The monoisotopic (exact) mass is 357 g/mol. The Morgan fingerprint density at radius 1 is 1.04 bits per heavy atom. The molecule has 0 aliphatic rings. The van der Waals surface area contributed by atoms with E-state index in [4.69, 9.17) is 9.47 Å². The zero-order valence-corrected chi connectivity index (χ0v) is 14.9. The van der Waals surface area contributed by atoms with Gasteiger partial charge >= 0.3 is 5.97 Å². The summed E-state index contributed by atoms with van der Waals surface area (Å²) in [5.41, 5.74) is 0.806. The molecule has 2 N–H and O–H groups in total. The summed E-state index contributed by atoms with van der Waals surface area (Å²) in [5.74, 6) is -0.606. The van der Waals surface area contributed by atoms with Crippen molar-refractivity contribution in [3.8, 4) is 11.5 Å². The van der Waals surface area contributed by atoms with Crippen LogP contribution in [0.5, 0.6) is 11.5 Å². The second kappa shape index (κ2) is 9.46. The molecule has 0 aromatic heterocycles. The molecule has 1 unspecified atom stereocenters. The summed E-state index contributed by atoms with van der Waals surface area (Å²) >= 11 is 0. The minimum Gasteiger partial charge on any atom is -0.490 e. The first-order chi connectivity index (χ1) is 12.6. The summed E-state index contributed by atoms with van der Waals surface area (Å²) in [4.78, 5) is 24.1. The molecule has 0 fully saturated rings. The maximum absolute atomic E-state index is 12.5. The summed E-state index contributed by atoms with van der Waals surface area (Å²) in [5, 5.41) is 12.0. The highest BCUT2D eigenvalue weighted by Gasteiger charge is 2.23. The van der Waals surface area contributed by atoms with Crippen LogP contribution in [0.2, 0.25) is 0 Å². The lowest BCUT2D eigenvalue weighted by Gasteiger charge is -2.16. The van der Waals surface area contributed by atoms with Crippen LogP contribution in [0, 0.1) is 0 Å². The van der Waals surface area contributed by atoms with Gasteiger partial charge in [0.15, 0.2) is 17.5 Å². The fourth-order valence-electron chi connectivity index (χ4n) is 2.40. The zero-order valence-electron chi connectivity index (χ0n) is 14.9. The second-order valence-electron chi connectivity index (χ2n) is 5.60. The number of carboxylic acid groups (broad SMARTS) is 1. The van der Waals surface area contributed by atoms with Gasteiger partial charge in [-0.15, -0.1) is 0 Å². The lowest BCUT2D eigenvalue weighted by Crippen LogP contribution is -2.33. The van der Waals surface area contributed by atoms with Crippen molar-refractivity contribution >= 4 is 11.9 Å². The Morgan fingerprint density at radius 2 is 1.77 bits per heavy atom. The van der Waals surface area contributed by atoms with Crippen molar-refractivity contribution in [1.29, 1.82) is 0 Å². The number of rotatable bonds is 9. The van der Waals surface area contributed by atoms with Gasteiger partial charge in [0.25, 0.3) is 5.91 Å². The molecule has 1 atom stereocenters. The molecule has 0 saturated heterocycles. The highest BCUT2D eigenvalue weighted by atomic mass is 16.5. The maximum Gasteiger partial charge on any atom is 0.330 e. The first kappa shape index (κ1) is 19.3. The number of hydrogen-bond acceptors (Lipinski definition) is 4. The smallest absolute Gasteiger partial charge is 0.330 e. The molecule has 0 radical (unpaired) electrons. The molecule has 0 bridgehead atoms. The Labute approximate surface area is 152 Å². The number of hydrogen-bond donors (Lipinski definition) is 2. The molecule has 2 aromatic rings. The van der Waals surface area contributed by atoms with E-state index in [1.807, 2.05) is 13.8 Å². The van der Waals surface area contributed by atoms with E-state index in [-0.39, 0.29) is 0 Å². The minimum atomic E-state index is -1.13. The van der Waals surface area contributed by atoms with E-state index in [1.54, 1.807) is 48.5 Å². The molecule has 6 heteroatoms. The Hall–Kier alpha value is -3.02. The Morgan fingerprint density at radius 3 is 2.38 bits per heavy atom. The molecular weight excluding hydrogens is 334 g/mol. The van der Waals surface area contributed by atoms with E-state index in [9.17, 15) is 14.7 Å². The van der Waals surface area contributed by atoms with E-state index >= 15 is 0 Å². The Kier molecular flexibility index (Phi) is 7.02. The first-order valence-electron chi connectivity index (χ1n) is 8.55. The molecule has 0 saturated carbocycles. The van der Waals surface area contributed by atoms with Gasteiger partial charge in [0, 0.05) is 5.56 Å². The van der Waals surface area contributed by atoms with E-state index in [0.29, 0.717) is 35.8 Å². The van der Waals surface area contributed by atoms with Crippen LogP contribution < -0.4 is 14.8 Å².